The lowest BCUT2D eigenvalue weighted by atomic mass is 9.90. The molecule has 2 unspecified atom stereocenters. The number of aromatic nitrogens is 3. The standard InChI is InChI=1S/C23H17F2N5O/c24-18-9-16(10-19(25)17(18)11-28-31)21-5-6-22-23(29-21)30(13-27-22)12-14-3-4-20-15(8-14)2-1-7-26-20/h1-10,13,15,20H,11-12H2. The zero-order valence-electron chi connectivity index (χ0n) is 16.3. The van der Waals surface area contributed by atoms with Crippen LogP contribution in [0, 0.1) is 22.5 Å². The lowest BCUT2D eigenvalue weighted by Gasteiger charge is -2.22. The molecule has 6 nitrogen and oxygen atoms in total. The van der Waals surface area contributed by atoms with Crippen molar-refractivity contribution >= 4 is 17.4 Å². The molecule has 0 radical (unpaired) electrons. The van der Waals surface area contributed by atoms with Crippen LogP contribution in [-0.4, -0.2) is 26.8 Å². The van der Waals surface area contributed by atoms with Crippen molar-refractivity contribution in [1.82, 2.24) is 14.5 Å². The van der Waals surface area contributed by atoms with Crippen LogP contribution < -0.4 is 0 Å². The number of dihydropyridines is 1. The summed E-state index contributed by atoms with van der Waals surface area (Å²) in [5.74, 6) is -1.41. The average molecular weight is 417 g/mol. The van der Waals surface area contributed by atoms with Crippen LogP contribution in [-0.2, 0) is 13.1 Å². The first kappa shape index (κ1) is 19.2. The smallest absolute Gasteiger partial charge is 0.160 e. The summed E-state index contributed by atoms with van der Waals surface area (Å²) in [6, 6.07) is 5.91. The van der Waals surface area contributed by atoms with Gasteiger partial charge >= 0.3 is 0 Å². The molecule has 2 aromatic heterocycles. The fraction of sp³-hybridized carbons (Fsp3) is 0.174. The van der Waals surface area contributed by atoms with Gasteiger partial charge in [0.25, 0.3) is 0 Å². The molecule has 0 amide bonds. The van der Waals surface area contributed by atoms with Gasteiger partial charge in [0, 0.05) is 23.3 Å². The van der Waals surface area contributed by atoms with E-state index in [4.69, 9.17) is 0 Å². The van der Waals surface area contributed by atoms with E-state index in [1.807, 2.05) is 16.9 Å². The summed E-state index contributed by atoms with van der Waals surface area (Å²) in [4.78, 5) is 23.8. The Kier molecular flexibility index (Phi) is 4.82. The van der Waals surface area contributed by atoms with Gasteiger partial charge in [-0.3, -0.25) is 4.99 Å². The third-order valence-corrected chi connectivity index (χ3v) is 5.46. The van der Waals surface area contributed by atoms with E-state index in [1.54, 1.807) is 18.5 Å². The predicted octanol–water partition coefficient (Wildman–Crippen LogP) is 4.76. The zero-order valence-corrected chi connectivity index (χ0v) is 16.3. The largest absolute Gasteiger partial charge is 0.311 e. The number of fused-ring (bicyclic) bond motifs is 2. The molecule has 1 aromatic carbocycles. The van der Waals surface area contributed by atoms with Crippen LogP contribution in [0.2, 0.25) is 0 Å². The van der Waals surface area contributed by atoms with Crippen LogP contribution in [0.3, 0.4) is 0 Å². The van der Waals surface area contributed by atoms with Gasteiger partial charge in [0.05, 0.1) is 24.6 Å². The van der Waals surface area contributed by atoms with E-state index in [0.717, 1.165) is 5.57 Å². The second kappa shape index (κ2) is 7.79. The summed E-state index contributed by atoms with van der Waals surface area (Å²) in [6.07, 6.45) is 13.9. The Morgan fingerprint density at radius 3 is 2.77 bits per heavy atom. The van der Waals surface area contributed by atoms with Crippen LogP contribution >= 0.6 is 0 Å². The fourth-order valence-corrected chi connectivity index (χ4v) is 3.88. The van der Waals surface area contributed by atoms with Gasteiger partial charge in [-0.2, -0.15) is 4.91 Å². The highest BCUT2D eigenvalue weighted by molar-refractivity contribution is 5.76. The molecule has 0 saturated carbocycles. The molecule has 0 bridgehead atoms. The first-order valence-electron chi connectivity index (χ1n) is 9.80. The Morgan fingerprint density at radius 2 is 1.97 bits per heavy atom. The Balaban J connectivity index is 1.48. The number of imidazole rings is 1. The highest BCUT2D eigenvalue weighted by atomic mass is 19.1. The minimum Gasteiger partial charge on any atom is -0.311 e. The molecule has 0 saturated heterocycles. The highest BCUT2D eigenvalue weighted by Gasteiger charge is 2.20. The van der Waals surface area contributed by atoms with Crippen molar-refractivity contribution in [1.29, 1.82) is 0 Å². The number of halogens is 2. The molecule has 1 aliphatic carbocycles. The molecule has 0 spiro atoms. The maximum atomic E-state index is 14.2. The number of hydrogen-bond donors (Lipinski definition) is 0. The quantitative estimate of drug-likeness (QED) is 0.562. The van der Waals surface area contributed by atoms with E-state index in [9.17, 15) is 13.7 Å². The van der Waals surface area contributed by atoms with E-state index in [-0.39, 0.29) is 23.1 Å². The number of aliphatic imine (C=N–C) groups is 1. The van der Waals surface area contributed by atoms with Gasteiger partial charge in [-0.15, -0.1) is 0 Å². The number of rotatable bonds is 5. The molecule has 3 heterocycles. The van der Waals surface area contributed by atoms with Crippen molar-refractivity contribution in [3.8, 4) is 11.3 Å². The zero-order chi connectivity index (χ0) is 21.4. The number of nitroso groups, excluding NO2 is 1. The topological polar surface area (TPSA) is 72.5 Å². The molecule has 31 heavy (non-hydrogen) atoms. The normalized spacial score (nSPS) is 19.5. The first-order chi connectivity index (χ1) is 15.1. The van der Waals surface area contributed by atoms with Gasteiger partial charge in [-0.05, 0) is 35.9 Å². The van der Waals surface area contributed by atoms with E-state index in [2.05, 4.69) is 44.4 Å². The summed E-state index contributed by atoms with van der Waals surface area (Å²) in [5, 5.41) is 2.58. The third-order valence-electron chi connectivity index (χ3n) is 5.46. The maximum absolute atomic E-state index is 14.2. The lowest BCUT2D eigenvalue weighted by Crippen LogP contribution is -2.19. The van der Waals surface area contributed by atoms with E-state index in [1.165, 1.54) is 12.1 Å². The Bertz CT molecular complexity index is 1280. The number of nitrogens with zero attached hydrogens (tertiary/aromatic N) is 5. The highest BCUT2D eigenvalue weighted by Crippen LogP contribution is 2.27. The van der Waals surface area contributed by atoms with Gasteiger partial charge < -0.3 is 4.57 Å². The number of allylic oxidation sites excluding steroid dienone is 3. The molecular weight excluding hydrogens is 400 g/mol. The molecule has 2 atom stereocenters. The molecule has 154 valence electrons. The third kappa shape index (κ3) is 3.61. The van der Waals surface area contributed by atoms with Crippen LogP contribution in [0.15, 0.2) is 76.7 Å². The van der Waals surface area contributed by atoms with Crippen molar-refractivity contribution in [2.75, 3.05) is 0 Å². The molecule has 2 aliphatic rings. The molecule has 3 aromatic rings. The van der Waals surface area contributed by atoms with Crippen molar-refractivity contribution in [2.24, 2.45) is 16.1 Å². The van der Waals surface area contributed by atoms with Gasteiger partial charge in [-0.25, -0.2) is 18.7 Å². The Labute approximate surface area is 176 Å². The van der Waals surface area contributed by atoms with E-state index >= 15 is 0 Å². The number of benzene rings is 1. The monoisotopic (exact) mass is 417 g/mol. The van der Waals surface area contributed by atoms with Crippen molar-refractivity contribution in [3.63, 3.8) is 0 Å². The molecule has 8 heteroatoms. The summed E-state index contributed by atoms with van der Waals surface area (Å²) in [6.45, 7) is 0.0129. The van der Waals surface area contributed by atoms with Gasteiger partial charge in [0.2, 0.25) is 0 Å². The maximum Gasteiger partial charge on any atom is 0.160 e. The van der Waals surface area contributed by atoms with Crippen LogP contribution in [0.4, 0.5) is 8.78 Å². The lowest BCUT2D eigenvalue weighted by molar-refractivity contribution is 0.557. The van der Waals surface area contributed by atoms with E-state index < -0.39 is 18.2 Å². The molecule has 0 N–H and O–H groups in total. The average Bonchev–Trinajstić information content (AvgIpc) is 3.18. The van der Waals surface area contributed by atoms with Crippen molar-refractivity contribution < 1.29 is 8.78 Å². The van der Waals surface area contributed by atoms with Gasteiger partial charge in [0.15, 0.2) is 5.65 Å². The first-order valence-corrected chi connectivity index (χ1v) is 9.80. The second-order valence-electron chi connectivity index (χ2n) is 7.47. The number of pyridine rings is 1. The van der Waals surface area contributed by atoms with E-state index in [0.29, 0.717) is 23.4 Å². The van der Waals surface area contributed by atoms with Crippen molar-refractivity contribution in [3.05, 3.63) is 88.7 Å². The summed E-state index contributed by atoms with van der Waals surface area (Å²) >= 11 is 0. The number of hydrogen-bond acceptors (Lipinski definition) is 5. The van der Waals surface area contributed by atoms with Crippen molar-refractivity contribution in [2.45, 2.75) is 19.1 Å². The minimum absolute atomic E-state index is 0.139. The summed E-state index contributed by atoms with van der Waals surface area (Å²) in [5.41, 5.74) is 2.76. The second-order valence-corrected chi connectivity index (χ2v) is 7.47. The molecule has 5 rings (SSSR count). The fourth-order valence-electron chi connectivity index (χ4n) is 3.88. The van der Waals surface area contributed by atoms with Crippen LogP contribution in [0.1, 0.15) is 5.56 Å². The Morgan fingerprint density at radius 1 is 1.13 bits per heavy atom. The SMILES string of the molecule is O=NCc1c(F)cc(-c2ccc3ncn(CC4=CC5C=CC=NC5C=C4)c3n2)cc1F. The molecule has 1 aliphatic heterocycles. The Hall–Kier alpha value is -3.81. The van der Waals surface area contributed by atoms with Gasteiger partial charge in [-0.1, -0.05) is 29.5 Å². The van der Waals surface area contributed by atoms with Crippen LogP contribution in [0.5, 0.6) is 0 Å². The summed E-state index contributed by atoms with van der Waals surface area (Å²) < 4.78 is 30.4. The molecular formula is C23H17F2N5O. The van der Waals surface area contributed by atoms with Gasteiger partial charge in [0.1, 0.15) is 23.7 Å². The molecule has 0 fully saturated rings. The predicted molar refractivity (Wildman–Crippen MR) is 115 cm³/mol. The summed E-state index contributed by atoms with van der Waals surface area (Å²) in [7, 11) is 0. The minimum atomic E-state index is -0.819. The van der Waals surface area contributed by atoms with Crippen LogP contribution in [0.25, 0.3) is 22.4 Å².